The molecule has 0 spiro atoms. The number of carbonyl (C=O) groups is 2. The number of rotatable bonds is 1. The second kappa shape index (κ2) is 6.10. The van der Waals surface area contributed by atoms with E-state index in [1.54, 1.807) is 0 Å². The normalized spacial score (nSPS) is 28.1. The van der Waals surface area contributed by atoms with E-state index >= 15 is 0 Å². The highest BCUT2D eigenvalue weighted by Gasteiger charge is 2.47. The van der Waals surface area contributed by atoms with Crippen molar-refractivity contribution < 1.29 is 27.9 Å². The van der Waals surface area contributed by atoms with Crippen molar-refractivity contribution in [3.63, 3.8) is 0 Å². The lowest BCUT2D eigenvalue weighted by Gasteiger charge is -2.35. The van der Waals surface area contributed by atoms with Crippen molar-refractivity contribution in [2.24, 2.45) is 0 Å². The van der Waals surface area contributed by atoms with E-state index in [0.717, 1.165) is 12.1 Å². The molecule has 3 atom stereocenters. The summed E-state index contributed by atoms with van der Waals surface area (Å²) in [6.07, 6.45) is -5.13. The number of aliphatic hydroxyl groups excluding tert-OH is 1. The number of aliphatic hydroxyl groups is 1. The van der Waals surface area contributed by atoms with Gasteiger partial charge >= 0.3 is 6.18 Å². The van der Waals surface area contributed by atoms with Crippen molar-refractivity contribution in [2.45, 2.75) is 30.8 Å². The lowest BCUT2D eigenvalue weighted by Crippen LogP contribution is -2.56. The molecule has 23 heavy (non-hydrogen) atoms. The first-order chi connectivity index (χ1) is 10.3. The highest BCUT2D eigenvalue weighted by molar-refractivity contribution is 6.03. The van der Waals surface area contributed by atoms with E-state index in [-0.39, 0.29) is 30.9 Å². The van der Waals surface area contributed by atoms with Crippen molar-refractivity contribution in [3.8, 4) is 0 Å². The SMILES string of the molecule is Cl.O=C1NC(=O)[C@@H]2C[C@@H](O)CN2C1c1cccc(C(F)(F)F)c1. The summed E-state index contributed by atoms with van der Waals surface area (Å²) in [7, 11) is 0. The van der Waals surface area contributed by atoms with Gasteiger partial charge in [0.05, 0.1) is 17.7 Å². The van der Waals surface area contributed by atoms with E-state index in [9.17, 15) is 27.9 Å². The van der Waals surface area contributed by atoms with Crippen LogP contribution >= 0.6 is 12.4 Å². The number of carbonyl (C=O) groups excluding carboxylic acids is 2. The van der Waals surface area contributed by atoms with Crippen molar-refractivity contribution in [3.05, 3.63) is 35.4 Å². The molecule has 126 valence electrons. The number of amides is 2. The van der Waals surface area contributed by atoms with Crippen LogP contribution < -0.4 is 5.32 Å². The maximum atomic E-state index is 12.8. The molecule has 0 radical (unpaired) electrons. The van der Waals surface area contributed by atoms with Gasteiger partial charge in [-0.2, -0.15) is 13.2 Å². The summed E-state index contributed by atoms with van der Waals surface area (Å²) in [4.78, 5) is 25.3. The Morgan fingerprint density at radius 2 is 1.91 bits per heavy atom. The van der Waals surface area contributed by atoms with Gasteiger partial charge in [0.15, 0.2) is 0 Å². The molecule has 1 aromatic rings. The van der Waals surface area contributed by atoms with Gasteiger partial charge in [0.1, 0.15) is 6.04 Å². The highest BCUT2D eigenvalue weighted by Crippen LogP contribution is 2.36. The minimum Gasteiger partial charge on any atom is -0.392 e. The van der Waals surface area contributed by atoms with Crippen molar-refractivity contribution in [2.75, 3.05) is 6.54 Å². The summed E-state index contributed by atoms with van der Waals surface area (Å²) >= 11 is 0. The molecular formula is C14H14ClF3N2O3. The zero-order chi connectivity index (χ0) is 16.1. The summed E-state index contributed by atoms with van der Waals surface area (Å²) in [5, 5.41) is 11.9. The molecule has 2 aliphatic rings. The lowest BCUT2D eigenvalue weighted by molar-refractivity contribution is -0.144. The average Bonchev–Trinajstić information content (AvgIpc) is 2.80. The third-order valence-electron chi connectivity index (χ3n) is 3.98. The molecule has 0 bridgehead atoms. The molecule has 0 aromatic heterocycles. The summed E-state index contributed by atoms with van der Waals surface area (Å²) in [6, 6.07) is 2.75. The maximum absolute atomic E-state index is 12.8. The van der Waals surface area contributed by atoms with E-state index in [4.69, 9.17) is 0 Å². The summed E-state index contributed by atoms with van der Waals surface area (Å²) in [6.45, 7) is 0.0741. The number of hydrogen-bond acceptors (Lipinski definition) is 4. The fourth-order valence-electron chi connectivity index (χ4n) is 3.03. The molecule has 0 aliphatic carbocycles. The molecule has 9 heteroatoms. The zero-order valence-corrected chi connectivity index (χ0v) is 12.5. The fourth-order valence-corrected chi connectivity index (χ4v) is 3.03. The van der Waals surface area contributed by atoms with Crippen LogP contribution in [0.4, 0.5) is 13.2 Å². The van der Waals surface area contributed by atoms with Crippen LogP contribution in [0.25, 0.3) is 0 Å². The summed E-state index contributed by atoms with van der Waals surface area (Å²) in [5.41, 5.74) is -0.704. The Morgan fingerprint density at radius 1 is 1.22 bits per heavy atom. The van der Waals surface area contributed by atoms with Crippen LogP contribution in [0.2, 0.25) is 0 Å². The Hall–Kier alpha value is -1.64. The van der Waals surface area contributed by atoms with Crippen LogP contribution in [0, 0.1) is 0 Å². The van der Waals surface area contributed by atoms with Gasteiger partial charge in [-0.1, -0.05) is 12.1 Å². The monoisotopic (exact) mass is 350 g/mol. The molecule has 3 rings (SSSR count). The lowest BCUT2D eigenvalue weighted by atomic mass is 9.98. The van der Waals surface area contributed by atoms with Gasteiger partial charge in [-0.15, -0.1) is 12.4 Å². The highest BCUT2D eigenvalue weighted by atomic mass is 35.5. The number of hydrogen-bond donors (Lipinski definition) is 2. The van der Waals surface area contributed by atoms with E-state index in [0.29, 0.717) is 0 Å². The van der Waals surface area contributed by atoms with Crippen molar-refractivity contribution >= 4 is 24.2 Å². The van der Waals surface area contributed by atoms with Crippen LogP contribution in [-0.4, -0.2) is 40.5 Å². The third kappa shape index (κ3) is 3.19. The number of alkyl halides is 3. The molecule has 1 aromatic carbocycles. The average molecular weight is 351 g/mol. The number of nitrogens with one attached hydrogen (secondary N) is 1. The third-order valence-corrected chi connectivity index (χ3v) is 3.98. The van der Waals surface area contributed by atoms with E-state index in [1.807, 2.05) is 0 Å². The number of fused-ring (bicyclic) bond motifs is 1. The van der Waals surface area contributed by atoms with Crippen LogP contribution in [0.5, 0.6) is 0 Å². The predicted octanol–water partition coefficient (Wildman–Crippen LogP) is 1.26. The number of imide groups is 1. The van der Waals surface area contributed by atoms with E-state index in [2.05, 4.69) is 5.32 Å². The zero-order valence-electron chi connectivity index (χ0n) is 11.7. The largest absolute Gasteiger partial charge is 0.416 e. The molecule has 2 amide bonds. The molecule has 2 saturated heterocycles. The molecule has 2 N–H and O–H groups in total. The van der Waals surface area contributed by atoms with Gasteiger partial charge in [-0.05, 0) is 24.1 Å². The van der Waals surface area contributed by atoms with Gasteiger partial charge in [0, 0.05) is 6.54 Å². The van der Waals surface area contributed by atoms with E-state index < -0.39 is 41.7 Å². The molecule has 2 aliphatic heterocycles. The van der Waals surface area contributed by atoms with Crippen LogP contribution in [0.1, 0.15) is 23.6 Å². The topological polar surface area (TPSA) is 69.6 Å². The van der Waals surface area contributed by atoms with Gasteiger partial charge in [-0.25, -0.2) is 0 Å². The smallest absolute Gasteiger partial charge is 0.392 e. The second-order valence-corrected chi connectivity index (χ2v) is 5.48. The number of nitrogens with zero attached hydrogens (tertiary/aromatic N) is 1. The molecule has 0 saturated carbocycles. The van der Waals surface area contributed by atoms with Crippen LogP contribution in [0.3, 0.4) is 0 Å². The fraction of sp³-hybridized carbons (Fsp3) is 0.429. The molecule has 1 unspecified atom stereocenters. The first-order valence-corrected chi connectivity index (χ1v) is 6.73. The van der Waals surface area contributed by atoms with Crippen molar-refractivity contribution in [1.82, 2.24) is 10.2 Å². The first kappa shape index (κ1) is 17.7. The van der Waals surface area contributed by atoms with Crippen LogP contribution in [0.15, 0.2) is 24.3 Å². The Kier molecular flexibility index (Phi) is 4.70. The maximum Gasteiger partial charge on any atom is 0.416 e. The molecular weight excluding hydrogens is 337 g/mol. The Labute approximate surface area is 135 Å². The van der Waals surface area contributed by atoms with Gasteiger partial charge in [0.2, 0.25) is 11.8 Å². The minimum atomic E-state index is -4.51. The molecule has 5 nitrogen and oxygen atoms in total. The van der Waals surface area contributed by atoms with Crippen LogP contribution in [-0.2, 0) is 15.8 Å². The quantitative estimate of drug-likeness (QED) is 0.748. The summed E-state index contributed by atoms with van der Waals surface area (Å²) in [5.74, 6) is -1.19. The second-order valence-electron chi connectivity index (χ2n) is 5.48. The minimum absolute atomic E-state index is 0. The van der Waals surface area contributed by atoms with Gasteiger partial charge in [0.25, 0.3) is 0 Å². The molecule has 2 heterocycles. The number of halogens is 4. The Morgan fingerprint density at radius 3 is 2.57 bits per heavy atom. The van der Waals surface area contributed by atoms with Crippen molar-refractivity contribution in [1.29, 1.82) is 0 Å². The van der Waals surface area contributed by atoms with Gasteiger partial charge in [-0.3, -0.25) is 19.8 Å². The number of benzene rings is 1. The number of piperazine rings is 1. The van der Waals surface area contributed by atoms with E-state index in [1.165, 1.54) is 17.0 Å². The Balaban J connectivity index is 0.00000192. The van der Waals surface area contributed by atoms with Gasteiger partial charge < -0.3 is 5.11 Å². The summed E-state index contributed by atoms with van der Waals surface area (Å²) < 4.78 is 38.4. The standard InChI is InChI=1S/C14H13F3N2O3.ClH/c15-14(16,17)8-3-1-2-7(4-8)11-13(22)18-12(21)10-5-9(20)6-19(10)11;/h1-4,9-11,20H,5-6H2,(H,18,21,22);1H/t9-,10+,11?;/m1./s1. The first-order valence-electron chi connectivity index (χ1n) is 6.73. The Bertz CT molecular complexity index is 638. The molecule has 2 fully saturated rings. The predicted molar refractivity (Wildman–Crippen MR) is 75.7 cm³/mol.